The van der Waals surface area contributed by atoms with Gasteiger partial charge in [-0.15, -0.1) is 0 Å². The molecule has 0 bridgehead atoms. The van der Waals surface area contributed by atoms with Crippen LogP contribution in [0.3, 0.4) is 0 Å². The highest BCUT2D eigenvalue weighted by Gasteiger charge is 2.16. The van der Waals surface area contributed by atoms with E-state index >= 15 is 0 Å². The van der Waals surface area contributed by atoms with Crippen LogP contribution in [0.1, 0.15) is 10.4 Å². The fourth-order valence-corrected chi connectivity index (χ4v) is 3.03. The Hall–Kier alpha value is -2.37. The number of benzene rings is 2. The smallest absolute Gasteiger partial charge is 0.206 e. The number of carbonyl (C=O) groups excluding carboxylic acids is 1. The molecule has 104 valence electrons. The summed E-state index contributed by atoms with van der Waals surface area (Å²) < 4.78 is 15.4. The van der Waals surface area contributed by atoms with E-state index in [-0.39, 0.29) is 0 Å². The molecule has 0 aliphatic heterocycles. The Morgan fingerprint density at radius 3 is 2.57 bits per heavy atom. The van der Waals surface area contributed by atoms with Crippen molar-refractivity contribution in [2.45, 2.75) is 4.90 Å². The number of rotatable bonds is 4. The lowest BCUT2D eigenvalue weighted by Crippen LogP contribution is -2.13. The number of fused-ring (bicyclic) bond motifs is 1. The van der Waals surface area contributed by atoms with E-state index in [0.717, 1.165) is 17.2 Å². The molecular weight excluding hydrogens is 284 g/mol. The normalized spacial score (nSPS) is 12.0. The summed E-state index contributed by atoms with van der Waals surface area (Å²) in [6, 6.07) is 16.2. The average molecular weight is 296 g/mol. The number of carbonyl (C=O) groups is 1. The number of anilines is 1. The molecule has 0 saturated heterocycles. The number of aromatic nitrogens is 1. The molecule has 3 aromatic rings. The van der Waals surface area contributed by atoms with Gasteiger partial charge in [-0.05, 0) is 36.4 Å². The summed E-state index contributed by atoms with van der Waals surface area (Å²) in [5.74, 6) is 0. The molecule has 2 aromatic carbocycles. The summed E-state index contributed by atoms with van der Waals surface area (Å²) in [5, 5.41) is 0.946. The zero-order chi connectivity index (χ0) is 14.7. The fourth-order valence-electron chi connectivity index (χ4n) is 2.02. The van der Waals surface area contributed by atoms with E-state index in [9.17, 15) is 9.35 Å². The molecule has 0 aliphatic rings. The molecule has 1 N–H and O–H groups in total. The van der Waals surface area contributed by atoms with Gasteiger partial charge in [-0.1, -0.05) is 18.2 Å². The standard InChI is InChI=1S/C16H12N2O2S/c19-11-12-6-8-14(9-7-12)18-21(20)15-5-1-3-13-4-2-10-17-16(13)15/h1-11,18H/t21-/m0/s1. The van der Waals surface area contributed by atoms with Crippen LogP contribution in [0.5, 0.6) is 0 Å². The number of hydrogen-bond acceptors (Lipinski definition) is 4. The van der Waals surface area contributed by atoms with Gasteiger partial charge in [0.25, 0.3) is 0 Å². The van der Waals surface area contributed by atoms with Crippen molar-refractivity contribution < 1.29 is 9.35 Å². The van der Waals surface area contributed by atoms with Crippen LogP contribution in [0.25, 0.3) is 10.9 Å². The van der Waals surface area contributed by atoms with Crippen molar-refractivity contribution in [2.75, 3.05) is 4.72 Å². The summed E-state index contributed by atoms with van der Waals surface area (Å²) in [6.45, 7) is 0. The molecule has 5 heteroatoms. The molecular formula is C16H12N2O2S. The zero-order valence-electron chi connectivity index (χ0n) is 11.0. The van der Waals surface area contributed by atoms with E-state index in [1.54, 1.807) is 36.5 Å². The number of hydrogen-bond donors (Lipinski definition) is 1. The van der Waals surface area contributed by atoms with Crippen molar-refractivity contribution in [3.63, 3.8) is 0 Å². The second kappa shape index (κ2) is 5.95. The molecule has 3 rings (SSSR count). The molecule has 0 aliphatic carbocycles. The van der Waals surface area contributed by atoms with E-state index in [4.69, 9.17) is 0 Å². The minimum atomic E-state index is -1.42. The monoisotopic (exact) mass is 296 g/mol. The summed E-state index contributed by atoms with van der Waals surface area (Å²) in [6.07, 6.45) is 2.46. The molecule has 1 aromatic heterocycles. The van der Waals surface area contributed by atoms with Crippen LogP contribution in [-0.2, 0) is 11.4 Å². The van der Waals surface area contributed by atoms with Gasteiger partial charge in [-0.2, -0.15) is 0 Å². The highest BCUT2D eigenvalue weighted by atomic mass is 32.2. The van der Waals surface area contributed by atoms with Gasteiger partial charge in [0.15, 0.2) is 0 Å². The van der Waals surface area contributed by atoms with E-state index in [2.05, 4.69) is 9.71 Å². The van der Waals surface area contributed by atoms with E-state index in [1.165, 1.54) is 0 Å². The van der Waals surface area contributed by atoms with E-state index < -0.39 is 11.4 Å². The summed E-state index contributed by atoms with van der Waals surface area (Å²) >= 11 is -1.42. The van der Waals surface area contributed by atoms with Gasteiger partial charge in [0.1, 0.15) is 23.2 Å². The second-order valence-electron chi connectivity index (χ2n) is 4.44. The topological polar surface area (TPSA) is 65.0 Å². The highest BCUT2D eigenvalue weighted by molar-refractivity contribution is 7.93. The molecule has 0 amide bonds. The highest BCUT2D eigenvalue weighted by Crippen LogP contribution is 2.23. The first-order chi connectivity index (χ1) is 10.3. The van der Waals surface area contributed by atoms with Crippen LogP contribution in [-0.4, -0.2) is 15.8 Å². The summed E-state index contributed by atoms with van der Waals surface area (Å²) in [4.78, 5) is 15.5. The van der Waals surface area contributed by atoms with Crippen molar-refractivity contribution in [1.82, 2.24) is 4.98 Å². The quantitative estimate of drug-likeness (QED) is 0.593. The lowest BCUT2D eigenvalue weighted by atomic mass is 10.2. The second-order valence-corrected chi connectivity index (χ2v) is 5.62. The maximum Gasteiger partial charge on any atom is 0.206 e. The predicted octanol–water partition coefficient (Wildman–Crippen LogP) is 3.18. The van der Waals surface area contributed by atoms with Gasteiger partial charge in [-0.25, -0.2) is 4.72 Å². The van der Waals surface area contributed by atoms with Crippen LogP contribution in [0, 0.1) is 0 Å². The van der Waals surface area contributed by atoms with Crippen molar-refractivity contribution >= 4 is 34.2 Å². The third-order valence-corrected chi connectivity index (χ3v) is 4.20. The van der Waals surface area contributed by atoms with E-state index in [0.29, 0.717) is 16.1 Å². The van der Waals surface area contributed by atoms with Crippen LogP contribution >= 0.6 is 0 Å². The maximum atomic E-state index is 12.5. The summed E-state index contributed by atoms with van der Waals surface area (Å²) in [7, 11) is 0. The first-order valence-corrected chi connectivity index (χ1v) is 7.50. The van der Waals surface area contributed by atoms with Gasteiger partial charge < -0.3 is 4.55 Å². The zero-order valence-corrected chi connectivity index (χ0v) is 11.8. The largest absolute Gasteiger partial charge is 0.588 e. The van der Waals surface area contributed by atoms with Crippen molar-refractivity contribution in [1.29, 1.82) is 0 Å². The number of nitrogens with zero attached hydrogens (tertiary/aromatic N) is 1. The van der Waals surface area contributed by atoms with Crippen molar-refractivity contribution in [3.8, 4) is 0 Å². The first kappa shape index (κ1) is 13.6. The van der Waals surface area contributed by atoms with Gasteiger partial charge >= 0.3 is 0 Å². The predicted molar refractivity (Wildman–Crippen MR) is 83.6 cm³/mol. The lowest BCUT2D eigenvalue weighted by molar-refractivity contribution is 0.112. The summed E-state index contributed by atoms with van der Waals surface area (Å²) in [5.41, 5.74) is 1.99. The number of nitrogens with one attached hydrogen (secondary N) is 1. The Kier molecular flexibility index (Phi) is 3.85. The van der Waals surface area contributed by atoms with Crippen molar-refractivity contribution in [3.05, 3.63) is 66.4 Å². The van der Waals surface area contributed by atoms with Gasteiger partial charge in [-0.3, -0.25) is 9.78 Å². The number of para-hydroxylation sites is 1. The molecule has 4 nitrogen and oxygen atoms in total. The fraction of sp³-hybridized carbons (Fsp3) is 0. The SMILES string of the molecule is O=Cc1ccc(N[S@@+]([O-])c2cccc3cccnc23)cc1. The van der Waals surface area contributed by atoms with Crippen LogP contribution in [0.4, 0.5) is 5.69 Å². The molecule has 21 heavy (non-hydrogen) atoms. The minimum Gasteiger partial charge on any atom is -0.588 e. The third-order valence-electron chi connectivity index (χ3n) is 3.05. The third kappa shape index (κ3) is 2.89. The Morgan fingerprint density at radius 1 is 1.05 bits per heavy atom. The Bertz CT molecular complexity index is 769. The number of pyridine rings is 1. The lowest BCUT2D eigenvalue weighted by Gasteiger charge is -2.12. The van der Waals surface area contributed by atoms with Crippen LogP contribution in [0.2, 0.25) is 0 Å². The average Bonchev–Trinajstić information content (AvgIpc) is 2.55. The Balaban J connectivity index is 1.89. The molecule has 0 radical (unpaired) electrons. The molecule has 1 atom stereocenters. The van der Waals surface area contributed by atoms with Gasteiger partial charge in [0.2, 0.25) is 4.90 Å². The first-order valence-electron chi connectivity index (χ1n) is 6.35. The van der Waals surface area contributed by atoms with Crippen molar-refractivity contribution in [2.24, 2.45) is 0 Å². The molecule has 0 fully saturated rings. The molecule has 0 unspecified atom stereocenters. The molecule has 0 spiro atoms. The molecule has 0 saturated carbocycles. The van der Waals surface area contributed by atoms with E-state index in [1.807, 2.05) is 24.3 Å². The Labute approximate surface area is 125 Å². The minimum absolute atomic E-state index is 0.582. The van der Waals surface area contributed by atoms with Gasteiger partial charge in [0, 0.05) is 17.1 Å². The maximum absolute atomic E-state index is 12.5. The number of aldehydes is 1. The van der Waals surface area contributed by atoms with Crippen LogP contribution in [0.15, 0.2) is 65.7 Å². The van der Waals surface area contributed by atoms with Crippen LogP contribution < -0.4 is 4.72 Å². The Morgan fingerprint density at radius 2 is 1.81 bits per heavy atom. The van der Waals surface area contributed by atoms with Gasteiger partial charge in [0.05, 0.1) is 5.69 Å². The molecule has 1 heterocycles.